The SMILES string of the molecule is Cc1cccc(C)c1NC(=O)CNC(=O)CC(C)C1CCNCC1.Cl. The molecule has 5 nitrogen and oxygen atoms in total. The molecule has 0 aliphatic carbocycles. The van der Waals surface area contributed by atoms with Gasteiger partial charge in [-0.25, -0.2) is 0 Å². The highest BCUT2D eigenvalue weighted by Crippen LogP contribution is 2.24. The van der Waals surface area contributed by atoms with Crippen LogP contribution in [0.4, 0.5) is 5.69 Å². The van der Waals surface area contributed by atoms with Gasteiger partial charge in [0.05, 0.1) is 6.54 Å². The third-order valence-corrected chi connectivity index (χ3v) is 4.89. The fourth-order valence-electron chi connectivity index (χ4n) is 3.32. The molecule has 1 saturated heterocycles. The van der Waals surface area contributed by atoms with Crippen LogP contribution in [0.25, 0.3) is 0 Å². The smallest absolute Gasteiger partial charge is 0.243 e. The van der Waals surface area contributed by atoms with Crippen LogP contribution in [-0.4, -0.2) is 31.4 Å². The molecule has 0 spiro atoms. The standard InChI is InChI=1S/C19H29N3O2.ClH/c1-13-5-4-6-14(2)19(13)22-18(24)12-21-17(23)11-15(3)16-7-9-20-10-8-16;/h4-6,15-16,20H,7-12H2,1-3H3,(H,21,23)(H,22,24);1H. The third-order valence-electron chi connectivity index (χ3n) is 4.89. The number of hydrogen-bond donors (Lipinski definition) is 3. The first-order chi connectivity index (χ1) is 11.5. The van der Waals surface area contributed by atoms with E-state index in [1.54, 1.807) is 0 Å². The lowest BCUT2D eigenvalue weighted by molar-refractivity contribution is -0.125. The molecule has 1 heterocycles. The second-order valence-corrected chi connectivity index (χ2v) is 6.86. The quantitative estimate of drug-likeness (QED) is 0.724. The van der Waals surface area contributed by atoms with Crippen LogP contribution in [0.1, 0.15) is 37.3 Å². The van der Waals surface area contributed by atoms with Crippen LogP contribution in [0.5, 0.6) is 0 Å². The Morgan fingerprint density at radius 1 is 1.16 bits per heavy atom. The van der Waals surface area contributed by atoms with Crippen molar-refractivity contribution in [1.82, 2.24) is 10.6 Å². The normalized spacial score (nSPS) is 15.8. The topological polar surface area (TPSA) is 70.2 Å². The molecule has 1 atom stereocenters. The minimum atomic E-state index is -0.185. The molecule has 1 unspecified atom stereocenters. The van der Waals surface area contributed by atoms with E-state index >= 15 is 0 Å². The van der Waals surface area contributed by atoms with Crippen molar-refractivity contribution < 1.29 is 9.59 Å². The highest BCUT2D eigenvalue weighted by atomic mass is 35.5. The maximum absolute atomic E-state index is 12.1. The summed E-state index contributed by atoms with van der Waals surface area (Å²) in [5.74, 6) is 0.724. The van der Waals surface area contributed by atoms with Crippen molar-refractivity contribution in [3.63, 3.8) is 0 Å². The van der Waals surface area contributed by atoms with Crippen molar-refractivity contribution in [2.45, 2.75) is 40.0 Å². The Hall–Kier alpha value is -1.59. The van der Waals surface area contributed by atoms with E-state index in [1.807, 2.05) is 32.0 Å². The van der Waals surface area contributed by atoms with Gasteiger partial charge in [0.1, 0.15) is 0 Å². The Morgan fingerprint density at radius 2 is 1.76 bits per heavy atom. The van der Waals surface area contributed by atoms with E-state index in [1.165, 1.54) is 0 Å². The molecule has 140 valence electrons. The molecule has 0 bridgehead atoms. The zero-order chi connectivity index (χ0) is 17.5. The Balaban J connectivity index is 0.00000312. The van der Waals surface area contributed by atoms with Gasteiger partial charge in [0.2, 0.25) is 11.8 Å². The molecule has 1 fully saturated rings. The molecular weight excluding hydrogens is 338 g/mol. The molecule has 1 aromatic rings. The van der Waals surface area contributed by atoms with Gasteiger partial charge < -0.3 is 16.0 Å². The van der Waals surface area contributed by atoms with Crippen LogP contribution >= 0.6 is 12.4 Å². The van der Waals surface area contributed by atoms with E-state index in [0.717, 1.165) is 42.7 Å². The van der Waals surface area contributed by atoms with E-state index in [2.05, 4.69) is 22.9 Å². The molecule has 3 N–H and O–H groups in total. The van der Waals surface area contributed by atoms with Gasteiger partial charge in [-0.2, -0.15) is 0 Å². The average Bonchev–Trinajstić information content (AvgIpc) is 2.57. The van der Waals surface area contributed by atoms with Crippen LogP contribution in [-0.2, 0) is 9.59 Å². The van der Waals surface area contributed by atoms with E-state index in [4.69, 9.17) is 0 Å². The lowest BCUT2D eigenvalue weighted by Gasteiger charge is -2.27. The predicted molar refractivity (Wildman–Crippen MR) is 104 cm³/mol. The first kappa shape index (κ1) is 21.5. The number of nitrogens with one attached hydrogen (secondary N) is 3. The van der Waals surface area contributed by atoms with E-state index < -0.39 is 0 Å². The molecule has 1 aliphatic rings. The minimum Gasteiger partial charge on any atom is -0.347 e. The van der Waals surface area contributed by atoms with Crippen LogP contribution < -0.4 is 16.0 Å². The van der Waals surface area contributed by atoms with E-state index in [9.17, 15) is 9.59 Å². The summed E-state index contributed by atoms with van der Waals surface area (Å²) < 4.78 is 0. The number of hydrogen-bond acceptors (Lipinski definition) is 3. The molecule has 1 aliphatic heterocycles. The Morgan fingerprint density at radius 3 is 2.36 bits per heavy atom. The number of para-hydroxylation sites is 1. The molecule has 0 saturated carbocycles. The number of benzene rings is 1. The van der Waals surface area contributed by atoms with Gasteiger partial charge in [0, 0.05) is 12.1 Å². The molecule has 0 radical (unpaired) electrons. The number of aryl methyl sites for hydroxylation is 2. The number of rotatable bonds is 6. The maximum Gasteiger partial charge on any atom is 0.243 e. The second-order valence-electron chi connectivity index (χ2n) is 6.86. The third kappa shape index (κ3) is 6.67. The highest BCUT2D eigenvalue weighted by molar-refractivity contribution is 5.95. The number of anilines is 1. The van der Waals surface area contributed by atoms with Gasteiger partial charge in [0.25, 0.3) is 0 Å². The van der Waals surface area contributed by atoms with Crippen molar-refractivity contribution in [3.05, 3.63) is 29.3 Å². The Kier molecular flexibility index (Phi) is 8.93. The maximum atomic E-state index is 12.1. The van der Waals surface area contributed by atoms with Gasteiger partial charge in [-0.15, -0.1) is 12.4 Å². The molecule has 0 aromatic heterocycles. The van der Waals surface area contributed by atoms with Crippen molar-refractivity contribution in [3.8, 4) is 0 Å². The summed E-state index contributed by atoms with van der Waals surface area (Å²) >= 11 is 0. The predicted octanol–water partition coefficient (Wildman–Crippen LogP) is 2.81. The van der Waals surface area contributed by atoms with Crippen LogP contribution in [0.15, 0.2) is 18.2 Å². The van der Waals surface area contributed by atoms with Crippen molar-refractivity contribution in [2.75, 3.05) is 25.0 Å². The molecule has 2 rings (SSSR count). The number of piperidine rings is 1. The van der Waals surface area contributed by atoms with Crippen molar-refractivity contribution in [1.29, 1.82) is 0 Å². The zero-order valence-corrected chi connectivity index (χ0v) is 16.2. The average molecular weight is 368 g/mol. The van der Waals surface area contributed by atoms with Gasteiger partial charge >= 0.3 is 0 Å². The largest absolute Gasteiger partial charge is 0.347 e. The summed E-state index contributed by atoms with van der Waals surface area (Å²) in [5, 5.41) is 8.98. The number of carbonyl (C=O) groups excluding carboxylic acids is 2. The van der Waals surface area contributed by atoms with E-state index in [0.29, 0.717) is 18.3 Å². The molecule has 6 heteroatoms. The lowest BCUT2D eigenvalue weighted by Crippen LogP contribution is -2.36. The monoisotopic (exact) mass is 367 g/mol. The summed E-state index contributed by atoms with van der Waals surface area (Å²) in [6.45, 7) is 8.14. The van der Waals surface area contributed by atoms with Crippen LogP contribution in [0.2, 0.25) is 0 Å². The number of halogens is 1. The van der Waals surface area contributed by atoms with Crippen LogP contribution in [0, 0.1) is 25.7 Å². The first-order valence-electron chi connectivity index (χ1n) is 8.81. The van der Waals surface area contributed by atoms with Gasteiger partial charge in [-0.3, -0.25) is 9.59 Å². The second kappa shape index (κ2) is 10.4. The minimum absolute atomic E-state index is 0. The van der Waals surface area contributed by atoms with Gasteiger partial charge in [0.15, 0.2) is 0 Å². The van der Waals surface area contributed by atoms with Gasteiger partial charge in [-0.1, -0.05) is 25.1 Å². The van der Waals surface area contributed by atoms with E-state index in [-0.39, 0.29) is 30.8 Å². The lowest BCUT2D eigenvalue weighted by atomic mass is 9.84. The first-order valence-corrected chi connectivity index (χ1v) is 8.81. The summed E-state index contributed by atoms with van der Waals surface area (Å²) in [6.07, 6.45) is 2.74. The Labute approximate surface area is 156 Å². The Bertz CT molecular complexity index is 566. The highest BCUT2D eigenvalue weighted by Gasteiger charge is 2.22. The van der Waals surface area contributed by atoms with Crippen molar-refractivity contribution in [2.24, 2.45) is 11.8 Å². The number of carbonyl (C=O) groups is 2. The summed E-state index contributed by atoms with van der Waals surface area (Å²) in [4.78, 5) is 24.2. The summed E-state index contributed by atoms with van der Waals surface area (Å²) in [5.41, 5.74) is 2.88. The summed E-state index contributed by atoms with van der Waals surface area (Å²) in [7, 11) is 0. The summed E-state index contributed by atoms with van der Waals surface area (Å²) in [6, 6.07) is 5.88. The molecule has 25 heavy (non-hydrogen) atoms. The number of amides is 2. The van der Waals surface area contributed by atoms with Gasteiger partial charge in [-0.05, 0) is 62.7 Å². The fourth-order valence-corrected chi connectivity index (χ4v) is 3.32. The van der Waals surface area contributed by atoms with Crippen LogP contribution in [0.3, 0.4) is 0 Å². The molecular formula is C19H30ClN3O2. The fraction of sp³-hybridized carbons (Fsp3) is 0.579. The molecule has 2 amide bonds. The zero-order valence-electron chi connectivity index (χ0n) is 15.4. The molecule has 1 aromatic carbocycles. The van der Waals surface area contributed by atoms with Crippen molar-refractivity contribution >= 4 is 29.9 Å².